The Hall–Kier alpha value is -2.45. The summed E-state index contributed by atoms with van der Waals surface area (Å²) >= 11 is 2.73. The van der Waals surface area contributed by atoms with Crippen molar-refractivity contribution in [1.29, 1.82) is 0 Å². The molecule has 146 valence electrons. The molecule has 1 aliphatic carbocycles. The van der Waals surface area contributed by atoms with Crippen molar-refractivity contribution in [3.63, 3.8) is 0 Å². The Morgan fingerprint density at radius 3 is 2.50 bits per heavy atom. The number of aromatic nitrogens is 1. The number of nitrogens with two attached hydrogens (primary N) is 2. The van der Waals surface area contributed by atoms with Gasteiger partial charge in [0.2, 0.25) is 0 Å². The fourth-order valence-corrected chi connectivity index (χ4v) is 6.20. The van der Waals surface area contributed by atoms with E-state index in [0.717, 1.165) is 63.2 Å². The molecule has 3 aromatic heterocycles. The Morgan fingerprint density at radius 1 is 1.07 bits per heavy atom. The number of nitrogens with one attached hydrogen (secondary N) is 1. The largest absolute Gasteiger partial charge is 0.397 e. The van der Waals surface area contributed by atoms with Crippen LogP contribution in [0.2, 0.25) is 0 Å². The van der Waals surface area contributed by atoms with E-state index in [1.807, 2.05) is 20.8 Å². The average Bonchev–Trinajstić information content (AvgIpc) is 3.17. The van der Waals surface area contributed by atoms with Crippen molar-refractivity contribution in [3.8, 4) is 0 Å². The standard InChI is InChI=1S/C20H22N4O2S2/c1-8-9(2)13-15(21)16(28-19(13)23-10(8)3)18(26)24-20-14(17(22)25)11-6-4-5-7-12(11)27-20/h4-7,21H2,1-3H3,(H2,22,25)(H,24,26). The first-order valence-electron chi connectivity index (χ1n) is 9.21. The smallest absolute Gasteiger partial charge is 0.268 e. The average molecular weight is 415 g/mol. The molecule has 0 aliphatic heterocycles. The summed E-state index contributed by atoms with van der Waals surface area (Å²) in [7, 11) is 0. The van der Waals surface area contributed by atoms with Crippen LogP contribution in [0.1, 0.15) is 60.1 Å². The lowest BCUT2D eigenvalue weighted by Gasteiger charge is -2.11. The topological polar surface area (TPSA) is 111 Å². The lowest BCUT2D eigenvalue weighted by atomic mass is 9.95. The van der Waals surface area contributed by atoms with Crippen LogP contribution in [0.25, 0.3) is 10.2 Å². The second-order valence-electron chi connectivity index (χ2n) is 7.21. The molecule has 6 nitrogen and oxygen atoms in total. The molecule has 5 N–H and O–H groups in total. The minimum atomic E-state index is -0.497. The maximum atomic E-state index is 13.0. The third kappa shape index (κ3) is 2.87. The van der Waals surface area contributed by atoms with Crippen LogP contribution in [0.4, 0.5) is 10.7 Å². The Kier molecular flexibility index (Phi) is 4.63. The summed E-state index contributed by atoms with van der Waals surface area (Å²) in [5.74, 6) is -0.820. The number of nitrogen functional groups attached to an aromatic ring is 1. The van der Waals surface area contributed by atoms with Crippen LogP contribution in [0.3, 0.4) is 0 Å². The van der Waals surface area contributed by atoms with Gasteiger partial charge in [0.1, 0.15) is 14.7 Å². The molecule has 0 aromatic carbocycles. The highest BCUT2D eigenvalue weighted by Gasteiger charge is 2.27. The fraction of sp³-hybridized carbons (Fsp3) is 0.350. The first-order chi connectivity index (χ1) is 13.3. The highest BCUT2D eigenvalue weighted by molar-refractivity contribution is 7.21. The quantitative estimate of drug-likeness (QED) is 0.599. The third-order valence-electron chi connectivity index (χ3n) is 5.53. The Balaban J connectivity index is 1.76. The molecule has 0 fully saturated rings. The second-order valence-corrected chi connectivity index (χ2v) is 9.31. The molecular formula is C20H22N4O2S2. The van der Waals surface area contributed by atoms with E-state index >= 15 is 0 Å². The van der Waals surface area contributed by atoms with Crippen LogP contribution in [0.5, 0.6) is 0 Å². The maximum Gasteiger partial charge on any atom is 0.268 e. The predicted molar refractivity (Wildman–Crippen MR) is 116 cm³/mol. The lowest BCUT2D eigenvalue weighted by Crippen LogP contribution is -2.18. The van der Waals surface area contributed by atoms with Crippen molar-refractivity contribution >= 4 is 55.4 Å². The van der Waals surface area contributed by atoms with Gasteiger partial charge in [0, 0.05) is 16.0 Å². The number of carbonyl (C=O) groups excluding carboxylic acids is 2. The molecule has 0 atom stereocenters. The van der Waals surface area contributed by atoms with Gasteiger partial charge in [-0.25, -0.2) is 4.98 Å². The van der Waals surface area contributed by atoms with Crippen molar-refractivity contribution < 1.29 is 9.59 Å². The Morgan fingerprint density at radius 2 is 1.79 bits per heavy atom. The van der Waals surface area contributed by atoms with Crippen molar-refractivity contribution in [1.82, 2.24) is 4.98 Å². The number of hydrogen-bond acceptors (Lipinski definition) is 6. The van der Waals surface area contributed by atoms with Crippen LogP contribution in [0, 0.1) is 20.8 Å². The van der Waals surface area contributed by atoms with E-state index in [2.05, 4.69) is 10.3 Å². The van der Waals surface area contributed by atoms with Crippen molar-refractivity contribution in [2.24, 2.45) is 5.73 Å². The summed E-state index contributed by atoms with van der Waals surface area (Å²) in [5.41, 5.74) is 16.9. The van der Waals surface area contributed by atoms with Gasteiger partial charge in [-0.15, -0.1) is 22.7 Å². The van der Waals surface area contributed by atoms with Crippen LogP contribution in [-0.4, -0.2) is 16.8 Å². The van der Waals surface area contributed by atoms with Gasteiger partial charge in [-0.1, -0.05) is 0 Å². The second kappa shape index (κ2) is 6.86. The summed E-state index contributed by atoms with van der Waals surface area (Å²) in [6, 6.07) is 0. The van der Waals surface area contributed by atoms with Crippen LogP contribution in [0.15, 0.2) is 0 Å². The van der Waals surface area contributed by atoms with Gasteiger partial charge in [-0.2, -0.15) is 0 Å². The molecule has 3 heterocycles. The number of amides is 2. The molecule has 8 heteroatoms. The summed E-state index contributed by atoms with van der Waals surface area (Å²) in [4.78, 5) is 32.0. The van der Waals surface area contributed by atoms with Gasteiger partial charge >= 0.3 is 0 Å². The molecule has 3 aromatic rings. The van der Waals surface area contributed by atoms with Crippen molar-refractivity contribution in [2.75, 3.05) is 11.1 Å². The molecule has 1 aliphatic rings. The molecule has 0 saturated heterocycles. The van der Waals surface area contributed by atoms with Crippen molar-refractivity contribution in [3.05, 3.63) is 37.7 Å². The summed E-state index contributed by atoms with van der Waals surface area (Å²) in [6.45, 7) is 5.95. The minimum absolute atomic E-state index is 0.323. The first kappa shape index (κ1) is 18.9. The normalized spacial score (nSPS) is 13.5. The molecule has 0 radical (unpaired) electrons. The molecule has 0 saturated carbocycles. The van der Waals surface area contributed by atoms with Crippen LogP contribution >= 0.6 is 22.7 Å². The molecular weight excluding hydrogens is 392 g/mol. The van der Waals surface area contributed by atoms with Crippen LogP contribution < -0.4 is 16.8 Å². The molecule has 0 bridgehead atoms. The van der Waals surface area contributed by atoms with E-state index in [-0.39, 0.29) is 5.91 Å². The molecule has 0 unspecified atom stereocenters. The predicted octanol–water partition coefficient (Wildman–Crippen LogP) is 4.10. The zero-order valence-electron chi connectivity index (χ0n) is 16.1. The number of rotatable bonds is 3. The van der Waals surface area contributed by atoms with Crippen molar-refractivity contribution in [2.45, 2.75) is 46.5 Å². The Bertz CT molecular complexity index is 1140. The van der Waals surface area contributed by atoms with E-state index in [9.17, 15) is 9.59 Å². The van der Waals surface area contributed by atoms with Gasteiger partial charge in [-0.3, -0.25) is 9.59 Å². The highest BCUT2D eigenvalue weighted by atomic mass is 32.1. The van der Waals surface area contributed by atoms with E-state index < -0.39 is 5.91 Å². The number of aryl methyl sites for hydroxylation is 3. The van der Waals surface area contributed by atoms with E-state index in [0.29, 0.717) is 21.1 Å². The molecule has 4 rings (SSSR count). The number of fused-ring (bicyclic) bond motifs is 2. The lowest BCUT2D eigenvalue weighted by molar-refractivity contribution is 0.100. The zero-order valence-corrected chi connectivity index (χ0v) is 17.7. The number of primary amides is 1. The minimum Gasteiger partial charge on any atom is -0.397 e. The molecule has 0 spiro atoms. The summed E-state index contributed by atoms with van der Waals surface area (Å²) in [6.07, 6.45) is 3.87. The number of pyridine rings is 1. The number of nitrogens with zero attached hydrogens (tertiary/aromatic N) is 1. The van der Waals surface area contributed by atoms with Gasteiger partial charge in [-0.05, 0) is 63.1 Å². The van der Waals surface area contributed by atoms with Gasteiger partial charge in [0.25, 0.3) is 11.8 Å². The van der Waals surface area contributed by atoms with E-state index in [4.69, 9.17) is 11.5 Å². The number of anilines is 2. The summed E-state index contributed by atoms with van der Waals surface area (Å²) in [5, 5.41) is 4.26. The first-order valence-corrected chi connectivity index (χ1v) is 10.8. The number of thiophene rings is 2. The van der Waals surface area contributed by atoms with Gasteiger partial charge in [0.05, 0.1) is 11.3 Å². The molecule has 2 amide bonds. The zero-order chi connectivity index (χ0) is 20.2. The number of carbonyl (C=O) groups is 2. The highest BCUT2D eigenvalue weighted by Crippen LogP contribution is 2.40. The molecule has 28 heavy (non-hydrogen) atoms. The van der Waals surface area contributed by atoms with Crippen LogP contribution in [-0.2, 0) is 12.8 Å². The fourth-order valence-electron chi connectivity index (χ4n) is 3.81. The maximum absolute atomic E-state index is 13.0. The third-order valence-corrected chi connectivity index (χ3v) is 7.83. The Labute approximate surface area is 171 Å². The SMILES string of the molecule is Cc1nc2sc(C(=O)Nc3sc4c(c3C(N)=O)CCCC4)c(N)c2c(C)c1C. The van der Waals surface area contributed by atoms with Gasteiger partial charge < -0.3 is 16.8 Å². The van der Waals surface area contributed by atoms with E-state index in [1.54, 1.807) is 0 Å². The summed E-state index contributed by atoms with van der Waals surface area (Å²) < 4.78 is 0. The number of hydrogen-bond donors (Lipinski definition) is 3. The van der Waals surface area contributed by atoms with Gasteiger partial charge in [0.15, 0.2) is 0 Å². The monoisotopic (exact) mass is 414 g/mol. The van der Waals surface area contributed by atoms with E-state index in [1.165, 1.54) is 22.7 Å².